The number of carbonyl (C=O) groups is 2. The number of carbonyl (C=O) groups excluding carboxylic acids is 1. The SMILES string of the molecule is O=C1CCCc2cc(C3(C(=O)O)CC3)ccc2O1. The van der Waals surface area contributed by atoms with Crippen LogP contribution in [-0.2, 0) is 21.4 Å². The fraction of sp³-hybridized carbons (Fsp3) is 0.429. The van der Waals surface area contributed by atoms with Crippen molar-refractivity contribution in [2.45, 2.75) is 37.5 Å². The van der Waals surface area contributed by atoms with Gasteiger partial charge in [0.25, 0.3) is 0 Å². The largest absolute Gasteiger partial charge is 0.481 e. The van der Waals surface area contributed by atoms with Crippen molar-refractivity contribution in [3.05, 3.63) is 29.3 Å². The molecule has 0 amide bonds. The number of ether oxygens (including phenoxy) is 1. The van der Waals surface area contributed by atoms with Gasteiger partial charge in [-0.2, -0.15) is 0 Å². The lowest BCUT2D eigenvalue weighted by Gasteiger charge is -2.13. The number of aliphatic carboxylic acids is 1. The lowest BCUT2D eigenvalue weighted by atomic mass is 9.93. The minimum atomic E-state index is -0.756. The Kier molecular flexibility index (Phi) is 2.40. The zero-order valence-corrected chi connectivity index (χ0v) is 9.94. The molecule has 1 aliphatic carbocycles. The minimum Gasteiger partial charge on any atom is -0.481 e. The highest BCUT2D eigenvalue weighted by atomic mass is 16.5. The molecule has 2 aliphatic rings. The standard InChI is InChI=1S/C14H14O4/c15-12-3-1-2-9-8-10(4-5-11(9)18-12)14(6-7-14)13(16)17/h4-5,8H,1-3,6-7H2,(H,16,17). The van der Waals surface area contributed by atoms with Gasteiger partial charge in [-0.3, -0.25) is 9.59 Å². The van der Waals surface area contributed by atoms with Crippen LogP contribution in [0.5, 0.6) is 5.75 Å². The van der Waals surface area contributed by atoms with Crippen molar-refractivity contribution < 1.29 is 19.4 Å². The summed E-state index contributed by atoms with van der Waals surface area (Å²) in [6.07, 6.45) is 3.34. The molecule has 0 unspecified atom stereocenters. The van der Waals surface area contributed by atoms with Crippen LogP contribution in [0, 0.1) is 0 Å². The molecular weight excluding hydrogens is 232 g/mol. The van der Waals surface area contributed by atoms with E-state index in [9.17, 15) is 14.7 Å². The van der Waals surface area contributed by atoms with E-state index in [0.717, 1.165) is 24.0 Å². The zero-order valence-electron chi connectivity index (χ0n) is 9.94. The first-order valence-electron chi connectivity index (χ1n) is 6.19. The van der Waals surface area contributed by atoms with Crippen molar-refractivity contribution in [2.24, 2.45) is 0 Å². The second-order valence-corrected chi connectivity index (χ2v) is 5.04. The van der Waals surface area contributed by atoms with Crippen molar-refractivity contribution in [2.75, 3.05) is 0 Å². The van der Waals surface area contributed by atoms with Gasteiger partial charge in [0.1, 0.15) is 5.75 Å². The Morgan fingerprint density at radius 3 is 2.72 bits per heavy atom. The molecular formula is C14H14O4. The van der Waals surface area contributed by atoms with Crippen LogP contribution < -0.4 is 4.74 Å². The molecule has 1 saturated carbocycles. The topological polar surface area (TPSA) is 63.6 Å². The van der Waals surface area contributed by atoms with Gasteiger partial charge in [0.2, 0.25) is 0 Å². The van der Waals surface area contributed by atoms with Gasteiger partial charge in [0.05, 0.1) is 5.41 Å². The van der Waals surface area contributed by atoms with E-state index < -0.39 is 11.4 Å². The van der Waals surface area contributed by atoms with Crippen molar-refractivity contribution in [3.8, 4) is 5.75 Å². The molecule has 94 valence electrons. The summed E-state index contributed by atoms with van der Waals surface area (Å²) in [5, 5.41) is 9.27. The van der Waals surface area contributed by atoms with Gasteiger partial charge >= 0.3 is 11.9 Å². The van der Waals surface area contributed by atoms with Crippen molar-refractivity contribution in [1.29, 1.82) is 0 Å². The Morgan fingerprint density at radius 1 is 1.28 bits per heavy atom. The van der Waals surface area contributed by atoms with E-state index in [1.54, 1.807) is 12.1 Å². The van der Waals surface area contributed by atoms with E-state index in [1.807, 2.05) is 6.07 Å². The zero-order chi connectivity index (χ0) is 12.8. The summed E-state index contributed by atoms with van der Waals surface area (Å²) in [6.45, 7) is 0. The Bertz CT molecular complexity index is 529. The smallest absolute Gasteiger partial charge is 0.314 e. The van der Waals surface area contributed by atoms with Gasteiger partial charge in [-0.05, 0) is 42.9 Å². The number of hydrogen-bond acceptors (Lipinski definition) is 3. The maximum absolute atomic E-state index is 11.3. The third-order valence-electron chi connectivity index (χ3n) is 3.82. The Morgan fingerprint density at radius 2 is 2.06 bits per heavy atom. The van der Waals surface area contributed by atoms with E-state index in [2.05, 4.69) is 0 Å². The molecule has 0 radical (unpaired) electrons. The molecule has 1 aromatic rings. The summed E-state index contributed by atoms with van der Waals surface area (Å²) >= 11 is 0. The van der Waals surface area contributed by atoms with E-state index in [4.69, 9.17) is 4.74 Å². The predicted molar refractivity (Wildman–Crippen MR) is 63.6 cm³/mol. The molecule has 1 heterocycles. The molecule has 0 bridgehead atoms. The number of carboxylic acid groups (broad SMARTS) is 1. The highest BCUT2D eigenvalue weighted by Crippen LogP contribution is 2.49. The van der Waals surface area contributed by atoms with Gasteiger partial charge in [0, 0.05) is 6.42 Å². The molecule has 0 atom stereocenters. The average molecular weight is 246 g/mol. The molecule has 18 heavy (non-hydrogen) atoms. The Labute approximate surface area is 105 Å². The van der Waals surface area contributed by atoms with Crippen LogP contribution in [0.4, 0.5) is 0 Å². The number of aryl methyl sites for hydroxylation is 1. The third-order valence-corrected chi connectivity index (χ3v) is 3.82. The molecule has 1 aromatic carbocycles. The Hall–Kier alpha value is -1.84. The van der Waals surface area contributed by atoms with E-state index in [0.29, 0.717) is 25.0 Å². The molecule has 0 spiro atoms. The summed E-state index contributed by atoms with van der Waals surface area (Å²) in [4.78, 5) is 22.6. The number of carboxylic acids is 1. The first-order chi connectivity index (χ1) is 8.62. The van der Waals surface area contributed by atoms with Crippen LogP contribution in [0.1, 0.15) is 36.8 Å². The maximum atomic E-state index is 11.3. The highest BCUT2D eigenvalue weighted by Gasteiger charge is 2.51. The fourth-order valence-corrected chi connectivity index (χ4v) is 2.52. The number of esters is 1. The summed E-state index contributed by atoms with van der Waals surface area (Å²) in [7, 11) is 0. The number of rotatable bonds is 2. The normalized spacial score (nSPS) is 20.6. The molecule has 0 saturated heterocycles. The van der Waals surface area contributed by atoms with Crippen LogP contribution in [0.3, 0.4) is 0 Å². The second-order valence-electron chi connectivity index (χ2n) is 5.04. The van der Waals surface area contributed by atoms with Gasteiger partial charge in [-0.25, -0.2) is 0 Å². The Balaban J connectivity index is 1.99. The number of fused-ring (bicyclic) bond motifs is 1. The predicted octanol–water partition coefficient (Wildman–Crippen LogP) is 2.04. The summed E-state index contributed by atoms with van der Waals surface area (Å²) < 4.78 is 5.22. The summed E-state index contributed by atoms with van der Waals surface area (Å²) in [6, 6.07) is 5.41. The first kappa shape index (κ1) is 11.3. The molecule has 3 rings (SSSR count). The van der Waals surface area contributed by atoms with Gasteiger partial charge in [-0.15, -0.1) is 0 Å². The first-order valence-corrected chi connectivity index (χ1v) is 6.19. The van der Waals surface area contributed by atoms with Gasteiger partial charge in [0.15, 0.2) is 0 Å². The van der Waals surface area contributed by atoms with Crippen LogP contribution >= 0.6 is 0 Å². The quantitative estimate of drug-likeness (QED) is 0.640. The van der Waals surface area contributed by atoms with Crippen LogP contribution in [-0.4, -0.2) is 17.0 Å². The van der Waals surface area contributed by atoms with E-state index in [-0.39, 0.29) is 5.97 Å². The molecule has 4 nitrogen and oxygen atoms in total. The van der Waals surface area contributed by atoms with Crippen LogP contribution in [0.15, 0.2) is 18.2 Å². The third kappa shape index (κ3) is 1.68. The van der Waals surface area contributed by atoms with E-state index in [1.165, 1.54) is 0 Å². The monoisotopic (exact) mass is 246 g/mol. The lowest BCUT2D eigenvalue weighted by molar-refractivity contribution is -0.140. The number of benzene rings is 1. The molecule has 1 aliphatic heterocycles. The van der Waals surface area contributed by atoms with Crippen molar-refractivity contribution in [3.63, 3.8) is 0 Å². The van der Waals surface area contributed by atoms with Gasteiger partial charge < -0.3 is 9.84 Å². The second kappa shape index (κ2) is 3.83. The molecule has 0 aromatic heterocycles. The average Bonchev–Trinajstić information content (AvgIpc) is 3.11. The minimum absolute atomic E-state index is 0.208. The van der Waals surface area contributed by atoms with Crippen molar-refractivity contribution in [1.82, 2.24) is 0 Å². The summed E-state index contributed by atoms with van der Waals surface area (Å²) in [5.41, 5.74) is 1.10. The molecule has 4 heteroatoms. The molecule has 1 N–H and O–H groups in total. The maximum Gasteiger partial charge on any atom is 0.314 e. The summed E-state index contributed by atoms with van der Waals surface area (Å²) in [5.74, 6) is -0.378. The highest BCUT2D eigenvalue weighted by molar-refractivity contribution is 5.85. The fourth-order valence-electron chi connectivity index (χ4n) is 2.52. The van der Waals surface area contributed by atoms with Crippen molar-refractivity contribution >= 4 is 11.9 Å². The van der Waals surface area contributed by atoms with Gasteiger partial charge in [-0.1, -0.05) is 12.1 Å². The van der Waals surface area contributed by atoms with Crippen LogP contribution in [0.2, 0.25) is 0 Å². The van der Waals surface area contributed by atoms with Crippen LogP contribution in [0.25, 0.3) is 0 Å². The van der Waals surface area contributed by atoms with E-state index >= 15 is 0 Å². The lowest BCUT2D eigenvalue weighted by Crippen LogP contribution is -2.19. The molecule has 1 fully saturated rings. The number of hydrogen-bond donors (Lipinski definition) is 1.